The number of aromatic nitrogens is 2. The van der Waals surface area contributed by atoms with E-state index in [1.165, 1.54) is 18.2 Å². The van der Waals surface area contributed by atoms with E-state index in [-0.39, 0.29) is 21.8 Å². The van der Waals surface area contributed by atoms with Crippen LogP contribution in [-0.2, 0) is 11.0 Å². The van der Waals surface area contributed by atoms with Crippen LogP contribution in [0.25, 0.3) is 10.9 Å². The van der Waals surface area contributed by atoms with E-state index in [9.17, 15) is 18.0 Å². The first-order chi connectivity index (χ1) is 8.79. The van der Waals surface area contributed by atoms with Gasteiger partial charge in [-0.1, -0.05) is 17.7 Å². The number of benzene rings is 1. The molecule has 100 valence electrons. The van der Waals surface area contributed by atoms with Gasteiger partial charge in [-0.25, -0.2) is 9.97 Å². The maximum absolute atomic E-state index is 12.6. The van der Waals surface area contributed by atoms with Gasteiger partial charge in [-0.2, -0.15) is 13.2 Å². The van der Waals surface area contributed by atoms with E-state index in [4.69, 9.17) is 16.3 Å². The molecule has 2 aromatic rings. The zero-order valence-electron chi connectivity index (χ0n) is 9.45. The van der Waals surface area contributed by atoms with Crippen molar-refractivity contribution in [2.24, 2.45) is 0 Å². The van der Waals surface area contributed by atoms with Gasteiger partial charge in [0.2, 0.25) is 5.82 Å². The number of fused-ring (bicyclic) bond motifs is 1. The van der Waals surface area contributed by atoms with Gasteiger partial charge in [0.25, 0.3) is 0 Å². The Hall–Kier alpha value is -1.89. The first-order valence-electron chi connectivity index (χ1n) is 5.01. The van der Waals surface area contributed by atoms with E-state index in [0.717, 1.165) is 6.92 Å². The third-order valence-corrected chi connectivity index (χ3v) is 2.44. The monoisotopic (exact) mass is 290 g/mol. The number of hydrogen-bond donors (Lipinski definition) is 0. The van der Waals surface area contributed by atoms with Gasteiger partial charge in [-0.05, 0) is 12.1 Å². The smallest absolute Gasteiger partial charge is 0.424 e. The number of carbonyl (C=O) groups excluding carboxylic acids is 1. The summed E-state index contributed by atoms with van der Waals surface area (Å²) in [7, 11) is 0. The molecule has 1 aromatic heterocycles. The zero-order chi connectivity index (χ0) is 14.2. The molecular formula is C11H6ClF3N2O2. The molecule has 2 rings (SSSR count). The van der Waals surface area contributed by atoms with Gasteiger partial charge in [0.05, 0.1) is 0 Å². The minimum atomic E-state index is -4.73. The molecule has 0 aliphatic rings. The molecule has 0 radical (unpaired) electrons. The SMILES string of the molecule is CC(=O)Oc1cccc2c(Cl)nc(C(F)(F)F)nc12. The van der Waals surface area contributed by atoms with E-state index < -0.39 is 18.0 Å². The number of ether oxygens (including phenoxy) is 1. The first-order valence-corrected chi connectivity index (χ1v) is 5.38. The topological polar surface area (TPSA) is 52.1 Å². The number of para-hydroxylation sites is 1. The highest BCUT2D eigenvalue weighted by atomic mass is 35.5. The predicted molar refractivity (Wildman–Crippen MR) is 60.9 cm³/mol. The molecule has 0 fully saturated rings. The molecule has 0 saturated carbocycles. The number of hydrogen-bond acceptors (Lipinski definition) is 4. The molecule has 1 heterocycles. The molecule has 0 saturated heterocycles. The fraction of sp³-hybridized carbons (Fsp3) is 0.182. The molecule has 0 aliphatic carbocycles. The lowest BCUT2D eigenvalue weighted by Crippen LogP contribution is -2.12. The molecule has 0 N–H and O–H groups in total. The minimum Gasteiger partial charge on any atom is -0.424 e. The molecule has 0 atom stereocenters. The Morgan fingerprint density at radius 2 is 2.00 bits per heavy atom. The summed E-state index contributed by atoms with van der Waals surface area (Å²) >= 11 is 5.69. The fourth-order valence-corrected chi connectivity index (χ4v) is 1.68. The Kier molecular flexibility index (Phi) is 3.32. The first kappa shape index (κ1) is 13.5. The molecule has 0 spiro atoms. The van der Waals surface area contributed by atoms with Crippen molar-refractivity contribution in [3.05, 3.63) is 29.2 Å². The Balaban J connectivity index is 2.72. The van der Waals surface area contributed by atoms with Crippen LogP contribution in [0.5, 0.6) is 5.75 Å². The maximum Gasteiger partial charge on any atom is 0.451 e. The van der Waals surface area contributed by atoms with E-state index in [1.54, 1.807) is 0 Å². The van der Waals surface area contributed by atoms with Gasteiger partial charge in [0.15, 0.2) is 5.75 Å². The fourth-order valence-electron chi connectivity index (χ4n) is 1.45. The highest BCUT2D eigenvalue weighted by Gasteiger charge is 2.35. The lowest BCUT2D eigenvalue weighted by molar-refractivity contribution is -0.144. The number of halogens is 4. The van der Waals surface area contributed by atoms with Crippen LogP contribution in [0, 0.1) is 0 Å². The minimum absolute atomic E-state index is 0.0974. The van der Waals surface area contributed by atoms with E-state index in [2.05, 4.69) is 9.97 Å². The van der Waals surface area contributed by atoms with Crippen LogP contribution in [0.4, 0.5) is 13.2 Å². The average Bonchev–Trinajstić information content (AvgIpc) is 2.28. The van der Waals surface area contributed by atoms with Gasteiger partial charge in [-0.15, -0.1) is 0 Å². The highest BCUT2D eigenvalue weighted by Crippen LogP contribution is 2.33. The van der Waals surface area contributed by atoms with Crippen molar-refractivity contribution in [3.8, 4) is 5.75 Å². The van der Waals surface area contributed by atoms with Crippen LogP contribution in [0.3, 0.4) is 0 Å². The number of rotatable bonds is 1. The Morgan fingerprint density at radius 1 is 1.32 bits per heavy atom. The quantitative estimate of drug-likeness (QED) is 0.460. The number of alkyl halides is 3. The average molecular weight is 291 g/mol. The lowest BCUT2D eigenvalue weighted by Gasteiger charge is -2.09. The van der Waals surface area contributed by atoms with Crippen LogP contribution in [0.2, 0.25) is 5.15 Å². The highest BCUT2D eigenvalue weighted by molar-refractivity contribution is 6.34. The molecule has 4 nitrogen and oxygen atoms in total. The van der Waals surface area contributed by atoms with Gasteiger partial charge in [0, 0.05) is 12.3 Å². The summed E-state index contributed by atoms with van der Waals surface area (Å²) in [5, 5.41) is -0.181. The maximum atomic E-state index is 12.6. The largest absolute Gasteiger partial charge is 0.451 e. The molecule has 0 bridgehead atoms. The van der Waals surface area contributed by atoms with Crippen LogP contribution in [0.15, 0.2) is 18.2 Å². The summed E-state index contributed by atoms with van der Waals surface area (Å²) in [6.45, 7) is 1.13. The second-order valence-electron chi connectivity index (χ2n) is 3.58. The summed E-state index contributed by atoms with van der Waals surface area (Å²) < 4.78 is 42.6. The second kappa shape index (κ2) is 4.65. The van der Waals surface area contributed by atoms with Crippen molar-refractivity contribution in [2.45, 2.75) is 13.1 Å². The summed E-state index contributed by atoms with van der Waals surface area (Å²) in [6, 6.07) is 4.24. The van der Waals surface area contributed by atoms with Crippen LogP contribution < -0.4 is 4.74 Å². The molecule has 0 amide bonds. The van der Waals surface area contributed by atoms with Crippen molar-refractivity contribution >= 4 is 28.5 Å². The molecule has 1 aromatic carbocycles. The van der Waals surface area contributed by atoms with Gasteiger partial charge < -0.3 is 4.74 Å². The third kappa shape index (κ3) is 2.76. The van der Waals surface area contributed by atoms with Crippen molar-refractivity contribution in [3.63, 3.8) is 0 Å². The predicted octanol–water partition coefficient (Wildman–Crippen LogP) is 3.23. The van der Waals surface area contributed by atoms with E-state index >= 15 is 0 Å². The van der Waals surface area contributed by atoms with Crippen LogP contribution in [0.1, 0.15) is 12.7 Å². The number of nitrogens with zero attached hydrogens (tertiary/aromatic N) is 2. The standard InChI is InChI=1S/C11H6ClF3N2O2/c1-5(18)19-7-4-2-3-6-8(7)16-10(11(13,14)15)17-9(6)12/h2-4H,1H3. The van der Waals surface area contributed by atoms with Crippen molar-refractivity contribution in [2.75, 3.05) is 0 Å². The van der Waals surface area contributed by atoms with E-state index in [1.807, 2.05) is 0 Å². The summed E-state index contributed by atoms with van der Waals surface area (Å²) in [5.41, 5.74) is -0.162. The normalized spacial score (nSPS) is 11.6. The van der Waals surface area contributed by atoms with Gasteiger partial charge >= 0.3 is 12.1 Å². The van der Waals surface area contributed by atoms with Crippen molar-refractivity contribution < 1.29 is 22.7 Å². The van der Waals surface area contributed by atoms with Crippen molar-refractivity contribution in [1.82, 2.24) is 9.97 Å². The summed E-state index contributed by atoms with van der Waals surface area (Å²) in [5.74, 6) is -2.15. The van der Waals surface area contributed by atoms with E-state index in [0.29, 0.717) is 0 Å². The van der Waals surface area contributed by atoms with Gasteiger partial charge in [-0.3, -0.25) is 4.79 Å². The van der Waals surface area contributed by atoms with Crippen LogP contribution >= 0.6 is 11.6 Å². The van der Waals surface area contributed by atoms with Crippen molar-refractivity contribution in [1.29, 1.82) is 0 Å². The summed E-state index contributed by atoms with van der Waals surface area (Å²) in [6.07, 6.45) is -4.73. The second-order valence-corrected chi connectivity index (χ2v) is 3.94. The Morgan fingerprint density at radius 3 is 2.58 bits per heavy atom. The third-order valence-electron chi connectivity index (χ3n) is 2.15. The summed E-state index contributed by atoms with van der Waals surface area (Å²) in [4.78, 5) is 17.4. The zero-order valence-corrected chi connectivity index (χ0v) is 10.2. The van der Waals surface area contributed by atoms with Crippen LogP contribution in [-0.4, -0.2) is 15.9 Å². The molecule has 19 heavy (non-hydrogen) atoms. The lowest BCUT2D eigenvalue weighted by atomic mass is 10.2. The van der Waals surface area contributed by atoms with Gasteiger partial charge in [0.1, 0.15) is 10.7 Å². The molecule has 0 unspecified atom stereocenters. The number of esters is 1. The molecule has 8 heteroatoms. The Bertz CT molecular complexity index is 658. The molecular weight excluding hydrogens is 285 g/mol. The Labute approximate surface area is 110 Å². The molecule has 0 aliphatic heterocycles. The number of carbonyl (C=O) groups is 1.